The molecule has 0 aromatic heterocycles. The third kappa shape index (κ3) is 8.83. The predicted molar refractivity (Wildman–Crippen MR) is 104 cm³/mol. The van der Waals surface area contributed by atoms with Gasteiger partial charge in [0.25, 0.3) is 0 Å². The number of methoxy groups -OCH3 is 1. The highest BCUT2D eigenvalue weighted by Gasteiger charge is 2.10. The van der Waals surface area contributed by atoms with Crippen molar-refractivity contribution < 1.29 is 9.47 Å². The van der Waals surface area contributed by atoms with Crippen molar-refractivity contribution in [2.24, 2.45) is 0 Å². The molecule has 0 aliphatic heterocycles. The summed E-state index contributed by atoms with van der Waals surface area (Å²) in [5.41, 5.74) is 1.21. The normalized spacial score (nSPS) is 10.3. The van der Waals surface area contributed by atoms with Gasteiger partial charge in [0.2, 0.25) is 0 Å². The first-order valence-electron chi connectivity index (χ1n) is 8.42. The van der Waals surface area contributed by atoms with Crippen LogP contribution >= 0.6 is 28.3 Å². The molecule has 1 rings (SSSR count). The number of benzene rings is 1. The molecule has 1 aromatic carbocycles. The Morgan fingerprint density at radius 3 is 2.39 bits per heavy atom. The Morgan fingerprint density at radius 1 is 1.04 bits per heavy atom. The Balaban J connectivity index is 0.00000484. The molecule has 0 unspecified atom stereocenters. The first-order chi connectivity index (χ1) is 10.7. The Kier molecular flexibility index (Phi) is 13.7. The van der Waals surface area contributed by atoms with E-state index in [1.165, 1.54) is 44.1 Å². The topological polar surface area (TPSA) is 30.5 Å². The van der Waals surface area contributed by atoms with E-state index >= 15 is 0 Å². The molecule has 0 aliphatic carbocycles. The molecule has 0 spiro atoms. The molecule has 0 saturated heterocycles. The van der Waals surface area contributed by atoms with E-state index in [0.29, 0.717) is 6.61 Å². The van der Waals surface area contributed by atoms with E-state index in [2.05, 4.69) is 34.2 Å². The van der Waals surface area contributed by atoms with Crippen molar-refractivity contribution >= 4 is 28.3 Å². The zero-order valence-electron chi connectivity index (χ0n) is 14.6. The van der Waals surface area contributed by atoms with Crippen molar-refractivity contribution in [1.29, 1.82) is 0 Å². The van der Waals surface area contributed by atoms with Gasteiger partial charge < -0.3 is 14.8 Å². The summed E-state index contributed by atoms with van der Waals surface area (Å²) < 4.78 is 12.0. The predicted octanol–water partition coefficient (Wildman–Crippen LogP) is 5.73. The third-order valence-corrected chi connectivity index (χ3v) is 4.20. The van der Waals surface area contributed by atoms with Crippen LogP contribution in [0.3, 0.4) is 0 Å². The molecule has 5 heteroatoms. The second-order valence-corrected chi connectivity index (χ2v) is 6.34. The van der Waals surface area contributed by atoms with E-state index in [4.69, 9.17) is 9.47 Å². The first-order valence-corrected chi connectivity index (χ1v) is 9.22. The van der Waals surface area contributed by atoms with E-state index in [9.17, 15) is 0 Å². The van der Waals surface area contributed by atoms with Crippen molar-refractivity contribution in [3.05, 3.63) is 22.2 Å². The highest BCUT2D eigenvalue weighted by molar-refractivity contribution is 9.10. The van der Waals surface area contributed by atoms with Gasteiger partial charge in [-0.15, -0.1) is 12.4 Å². The summed E-state index contributed by atoms with van der Waals surface area (Å²) in [6, 6.07) is 4.14. The monoisotopic (exact) mass is 407 g/mol. The van der Waals surface area contributed by atoms with Crippen molar-refractivity contribution in [2.75, 3.05) is 20.3 Å². The maximum atomic E-state index is 5.61. The fourth-order valence-electron chi connectivity index (χ4n) is 2.42. The van der Waals surface area contributed by atoms with Gasteiger partial charge in [-0.25, -0.2) is 0 Å². The van der Waals surface area contributed by atoms with Crippen molar-refractivity contribution in [1.82, 2.24) is 5.32 Å². The van der Waals surface area contributed by atoms with Crippen LogP contribution in [-0.2, 0) is 6.54 Å². The molecule has 23 heavy (non-hydrogen) atoms. The number of halogens is 2. The Labute approximate surface area is 156 Å². The lowest BCUT2D eigenvalue weighted by molar-refractivity contribution is 0.308. The lowest BCUT2D eigenvalue weighted by Gasteiger charge is -2.13. The maximum absolute atomic E-state index is 5.61. The molecule has 1 N–H and O–H groups in total. The van der Waals surface area contributed by atoms with Gasteiger partial charge in [-0.1, -0.05) is 39.0 Å². The average Bonchev–Trinajstić information content (AvgIpc) is 2.52. The minimum atomic E-state index is 0. The quantitative estimate of drug-likeness (QED) is 0.448. The van der Waals surface area contributed by atoms with Gasteiger partial charge in [-0.2, -0.15) is 0 Å². The van der Waals surface area contributed by atoms with Gasteiger partial charge in [-0.3, -0.25) is 0 Å². The van der Waals surface area contributed by atoms with Crippen LogP contribution in [0, 0.1) is 0 Å². The highest BCUT2D eigenvalue weighted by Crippen LogP contribution is 2.36. The second kappa shape index (κ2) is 13.9. The summed E-state index contributed by atoms with van der Waals surface area (Å²) in [6.07, 6.45) is 7.99. The smallest absolute Gasteiger partial charge is 0.175 e. The van der Waals surface area contributed by atoms with Crippen LogP contribution in [0.5, 0.6) is 11.5 Å². The van der Waals surface area contributed by atoms with Gasteiger partial charge in [0.1, 0.15) is 0 Å². The molecule has 0 saturated carbocycles. The molecule has 134 valence electrons. The lowest BCUT2D eigenvalue weighted by Crippen LogP contribution is -2.14. The summed E-state index contributed by atoms with van der Waals surface area (Å²) in [7, 11) is 1.68. The largest absolute Gasteiger partial charge is 0.493 e. The van der Waals surface area contributed by atoms with Gasteiger partial charge >= 0.3 is 0 Å². The fourth-order valence-corrected chi connectivity index (χ4v) is 3.03. The van der Waals surface area contributed by atoms with E-state index in [1.807, 2.05) is 13.0 Å². The number of unbranched alkanes of at least 4 members (excludes halogenated alkanes) is 5. The van der Waals surface area contributed by atoms with Gasteiger partial charge in [0.15, 0.2) is 11.5 Å². The molecule has 0 fully saturated rings. The lowest BCUT2D eigenvalue weighted by atomic mass is 10.1. The SMILES string of the molecule is CCCCCCCCNCc1cc(Br)c(OCC)c(OC)c1.Cl. The van der Waals surface area contributed by atoms with Crippen molar-refractivity contribution in [3.8, 4) is 11.5 Å². The Morgan fingerprint density at radius 2 is 1.74 bits per heavy atom. The second-order valence-electron chi connectivity index (χ2n) is 5.49. The molecular formula is C18H31BrClNO2. The van der Waals surface area contributed by atoms with Crippen LogP contribution in [-0.4, -0.2) is 20.3 Å². The fraction of sp³-hybridized carbons (Fsp3) is 0.667. The average molecular weight is 409 g/mol. The zero-order valence-corrected chi connectivity index (χ0v) is 17.0. The summed E-state index contributed by atoms with van der Waals surface area (Å²) in [4.78, 5) is 0. The Hall–Kier alpha value is -0.450. The third-order valence-electron chi connectivity index (χ3n) is 3.61. The molecule has 0 aliphatic rings. The molecule has 1 aromatic rings. The molecule has 3 nitrogen and oxygen atoms in total. The van der Waals surface area contributed by atoms with Gasteiger partial charge in [0, 0.05) is 6.54 Å². The van der Waals surface area contributed by atoms with Gasteiger partial charge in [0.05, 0.1) is 18.2 Å². The molecule has 0 bridgehead atoms. The summed E-state index contributed by atoms with van der Waals surface area (Å²) in [6.45, 7) is 6.78. The van der Waals surface area contributed by atoms with E-state index in [-0.39, 0.29) is 12.4 Å². The number of rotatable bonds is 12. The van der Waals surface area contributed by atoms with Crippen LogP contribution in [0.25, 0.3) is 0 Å². The van der Waals surface area contributed by atoms with Crippen molar-refractivity contribution in [3.63, 3.8) is 0 Å². The van der Waals surface area contributed by atoms with Crippen LogP contribution in [0.15, 0.2) is 16.6 Å². The van der Waals surface area contributed by atoms with Crippen molar-refractivity contribution in [2.45, 2.75) is 58.9 Å². The van der Waals surface area contributed by atoms with Crippen LogP contribution < -0.4 is 14.8 Å². The number of hydrogen-bond acceptors (Lipinski definition) is 3. The summed E-state index contributed by atoms with van der Waals surface area (Å²) in [5.74, 6) is 1.57. The van der Waals surface area contributed by atoms with Crippen LogP contribution in [0.4, 0.5) is 0 Å². The molecule has 0 heterocycles. The molecule has 0 amide bonds. The minimum absolute atomic E-state index is 0. The van der Waals surface area contributed by atoms with E-state index in [1.54, 1.807) is 7.11 Å². The van der Waals surface area contributed by atoms with Gasteiger partial charge in [-0.05, 0) is 53.5 Å². The Bertz CT molecular complexity index is 430. The number of hydrogen-bond donors (Lipinski definition) is 1. The number of nitrogens with one attached hydrogen (secondary N) is 1. The van der Waals surface area contributed by atoms with Crippen LogP contribution in [0.1, 0.15) is 57.9 Å². The summed E-state index contributed by atoms with van der Waals surface area (Å²) >= 11 is 3.56. The zero-order chi connectivity index (χ0) is 16.2. The summed E-state index contributed by atoms with van der Waals surface area (Å²) in [5, 5.41) is 3.51. The first kappa shape index (κ1) is 22.6. The molecular weight excluding hydrogens is 378 g/mol. The standard InChI is InChI=1S/C18H30BrNO2.ClH/c1-4-6-7-8-9-10-11-20-14-15-12-16(19)18(22-5-2)17(13-15)21-3;/h12-13,20H,4-11,14H2,1-3H3;1H. The highest BCUT2D eigenvalue weighted by atomic mass is 79.9. The molecule has 0 atom stereocenters. The maximum Gasteiger partial charge on any atom is 0.175 e. The molecule has 0 radical (unpaired) electrons. The van der Waals surface area contributed by atoms with Crippen LogP contribution in [0.2, 0.25) is 0 Å². The minimum Gasteiger partial charge on any atom is -0.493 e. The van der Waals surface area contributed by atoms with E-state index < -0.39 is 0 Å². The number of ether oxygens (including phenoxy) is 2. The van der Waals surface area contributed by atoms with E-state index in [0.717, 1.165) is 29.1 Å².